The molecule has 6 nitrogen and oxygen atoms in total. The number of nitrogens with one attached hydrogen (secondary N) is 1. The lowest BCUT2D eigenvalue weighted by Crippen LogP contribution is -2.52. The van der Waals surface area contributed by atoms with Crippen LogP contribution in [0.5, 0.6) is 0 Å². The van der Waals surface area contributed by atoms with Gasteiger partial charge in [0.15, 0.2) is 0 Å². The van der Waals surface area contributed by atoms with Crippen LogP contribution in [0.1, 0.15) is 55.9 Å². The van der Waals surface area contributed by atoms with Gasteiger partial charge in [-0.25, -0.2) is 0 Å². The molecule has 2 heterocycles. The van der Waals surface area contributed by atoms with Crippen molar-refractivity contribution in [1.29, 1.82) is 0 Å². The average molecular weight is 468 g/mol. The Hall–Kier alpha value is -3.13. The topological polar surface area (TPSA) is 83.6 Å². The number of halogens is 3. The lowest BCUT2D eigenvalue weighted by molar-refractivity contribution is -0.144. The van der Waals surface area contributed by atoms with Crippen LogP contribution < -0.4 is 5.32 Å². The van der Waals surface area contributed by atoms with Crippen molar-refractivity contribution in [3.63, 3.8) is 0 Å². The van der Waals surface area contributed by atoms with E-state index < -0.39 is 95.1 Å². The lowest BCUT2D eigenvalue weighted by Gasteiger charge is -2.29. The zero-order valence-corrected chi connectivity index (χ0v) is 17.0. The summed E-state index contributed by atoms with van der Waals surface area (Å²) in [6, 6.07) is -0.683. The normalized spacial score (nSPS) is 23.7. The van der Waals surface area contributed by atoms with Crippen molar-refractivity contribution >= 4 is 35.1 Å². The number of hydrogen-bond acceptors (Lipinski definition) is 4. The summed E-state index contributed by atoms with van der Waals surface area (Å²) in [5, 5.41) is 2.09. The molecule has 2 aliphatic heterocycles. The number of benzene rings is 2. The molecule has 1 unspecified atom stereocenters. The highest BCUT2D eigenvalue weighted by Crippen LogP contribution is 2.32. The van der Waals surface area contributed by atoms with Crippen LogP contribution in [0.3, 0.4) is 0 Å². The van der Waals surface area contributed by atoms with E-state index in [2.05, 4.69) is 0 Å². The minimum atomic E-state index is -4.18. The Morgan fingerprint density at radius 3 is 2.69 bits per heavy atom. The number of rotatable bonds is 6. The first-order valence-electron chi connectivity index (χ1n) is 12.9. The molecule has 3 amide bonds. The molecule has 1 atom stereocenters. The number of nitrogens with zero attached hydrogens (tertiary/aromatic N) is 1. The summed E-state index contributed by atoms with van der Waals surface area (Å²) in [5.41, 5.74) is -3.42. The van der Waals surface area contributed by atoms with Gasteiger partial charge < -0.3 is 4.90 Å². The van der Waals surface area contributed by atoms with Gasteiger partial charge in [0.25, 0.3) is 5.91 Å². The maximum Gasteiger partial charge on any atom is 0.330 e. The molecule has 1 N–H and O–H groups in total. The van der Waals surface area contributed by atoms with Crippen LogP contribution in [0.25, 0.3) is 0 Å². The zero-order valence-electron chi connectivity index (χ0n) is 23.2. The van der Waals surface area contributed by atoms with Crippen LogP contribution in [-0.2, 0) is 33.2 Å². The summed E-state index contributed by atoms with van der Waals surface area (Å²) < 4.78 is 88.5. The number of hydrogen-bond donors (Lipinski definition) is 1. The molecular formula is C23H19ClF2N2O4. The van der Waals surface area contributed by atoms with E-state index in [4.69, 9.17) is 21.2 Å². The van der Waals surface area contributed by atoms with Crippen LogP contribution in [-0.4, -0.2) is 34.4 Å². The van der Waals surface area contributed by atoms with E-state index in [0.717, 1.165) is 24.3 Å². The van der Waals surface area contributed by atoms with Crippen molar-refractivity contribution in [2.24, 2.45) is 0 Å². The number of piperidine rings is 1. The van der Waals surface area contributed by atoms with Crippen LogP contribution >= 0.6 is 11.6 Å². The highest BCUT2D eigenvalue weighted by Gasteiger charge is 2.41. The van der Waals surface area contributed by atoms with Crippen molar-refractivity contribution in [2.75, 3.05) is 0 Å². The first-order chi connectivity index (χ1) is 17.9. The molecule has 1 saturated heterocycles. The van der Waals surface area contributed by atoms with E-state index in [1.807, 2.05) is 5.32 Å². The van der Waals surface area contributed by atoms with Crippen LogP contribution in [0, 0.1) is 0 Å². The molecule has 1 fully saturated rings. The molecule has 0 radical (unpaired) electrons. The molecule has 0 aliphatic carbocycles. The average Bonchev–Trinajstić information content (AvgIpc) is 3.03. The van der Waals surface area contributed by atoms with Gasteiger partial charge in [-0.05, 0) is 42.1 Å². The van der Waals surface area contributed by atoms with Gasteiger partial charge in [0.05, 0.1) is 6.85 Å². The monoisotopic (exact) mass is 467 g/mol. The van der Waals surface area contributed by atoms with Gasteiger partial charge in [0, 0.05) is 38.2 Å². The number of Topliss-reactive ketones (excluding diaryl/α,β-unsaturated/α-hetero) is 1. The molecule has 4 rings (SSSR count). The SMILES string of the molecule is [2H]c1c([2H])c(C([2H])([2H])CC(=O)C(F)(F)c2ccc(Cl)cc2)c([2H])c2c1C(=O)N(C1CCC(=O)NC1=O)C2([2H])[2H]. The Kier molecular flexibility index (Phi) is 3.91. The Bertz CT molecular complexity index is 1440. The fraction of sp³-hybridized carbons (Fsp3) is 0.304. The van der Waals surface area contributed by atoms with Crippen molar-refractivity contribution < 1.29 is 37.6 Å². The molecule has 0 spiro atoms. The van der Waals surface area contributed by atoms with E-state index in [1.165, 1.54) is 0 Å². The Morgan fingerprint density at radius 2 is 2.00 bits per heavy atom. The third-order valence-electron chi connectivity index (χ3n) is 4.98. The molecule has 32 heavy (non-hydrogen) atoms. The third kappa shape index (κ3) is 4.14. The number of carbonyl (C=O) groups excluding carboxylic acids is 4. The molecule has 166 valence electrons. The van der Waals surface area contributed by atoms with Crippen molar-refractivity contribution in [1.82, 2.24) is 10.2 Å². The molecule has 2 aromatic carbocycles. The predicted molar refractivity (Wildman–Crippen MR) is 111 cm³/mol. The number of alkyl halides is 2. The molecule has 0 bridgehead atoms. The van der Waals surface area contributed by atoms with Crippen molar-refractivity contribution in [3.05, 3.63) is 69.7 Å². The van der Waals surface area contributed by atoms with Crippen molar-refractivity contribution in [3.8, 4) is 0 Å². The number of amides is 3. The summed E-state index contributed by atoms with van der Waals surface area (Å²) in [7, 11) is 0. The number of imide groups is 1. The standard InChI is InChI=1S/C23H19ClF2N2O4/c24-16-5-3-15(4-6-16)23(25,26)19(29)9-2-13-1-7-17-14(11-13)12-28(22(17)32)18-8-10-20(30)27-21(18)31/h1,3-7,11,18H,2,8-10,12H2,(H,27,30,31)/i1D,2D2,7D,11D,12D2. The summed E-state index contributed by atoms with van der Waals surface area (Å²) in [5.74, 6) is -8.96. The zero-order chi connectivity index (χ0) is 29.2. The predicted octanol–water partition coefficient (Wildman–Crippen LogP) is 3.39. The van der Waals surface area contributed by atoms with Gasteiger partial charge in [-0.3, -0.25) is 24.5 Å². The van der Waals surface area contributed by atoms with Gasteiger partial charge in [-0.15, -0.1) is 0 Å². The maximum atomic E-state index is 14.9. The van der Waals surface area contributed by atoms with E-state index in [9.17, 15) is 28.0 Å². The molecule has 2 aromatic rings. The highest BCUT2D eigenvalue weighted by atomic mass is 35.5. The van der Waals surface area contributed by atoms with Crippen molar-refractivity contribution in [2.45, 2.75) is 44.1 Å². The number of carbonyl (C=O) groups is 4. The number of fused-ring (bicyclic) bond motifs is 1. The van der Waals surface area contributed by atoms with Crippen LogP contribution in [0.15, 0.2) is 42.4 Å². The fourth-order valence-electron chi connectivity index (χ4n) is 3.28. The van der Waals surface area contributed by atoms with E-state index >= 15 is 0 Å². The molecule has 9 heteroatoms. The third-order valence-corrected chi connectivity index (χ3v) is 5.23. The van der Waals surface area contributed by atoms with E-state index in [-0.39, 0.29) is 17.9 Å². The second-order valence-corrected chi connectivity index (χ2v) is 7.55. The highest BCUT2D eigenvalue weighted by molar-refractivity contribution is 6.30. The minimum absolute atomic E-state index is 0.117. The molecule has 0 saturated carbocycles. The quantitative estimate of drug-likeness (QED) is 0.660. The summed E-state index contributed by atoms with van der Waals surface area (Å²) in [6.45, 7) is -2.97. The minimum Gasteiger partial charge on any atom is -0.322 e. The molecule has 2 aliphatic rings. The largest absolute Gasteiger partial charge is 0.330 e. The lowest BCUT2D eigenvalue weighted by atomic mass is 9.97. The first kappa shape index (κ1) is 14.8. The van der Waals surface area contributed by atoms with Gasteiger partial charge in [-0.1, -0.05) is 35.8 Å². The van der Waals surface area contributed by atoms with Crippen LogP contribution in [0.2, 0.25) is 5.02 Å². The summed E-state index contributed by atoms with van der Waals surface area (Å²) >= 11 is 5.69. The van der Waals surface area contributed by atoms with E-state index in [1.54, 1.807) is 0 Å². The summed E-state index contributed by atoms with van der Waals surface area (Å²) in [6.07, 6.45) is -5.20. The smallest absolute Gasteiger partial charge is 0.322 e. The Labute approximate surface area is 197 Å². The molecule has 0 aromatic heterocycles. The van der Waals surface area contributed by atoms with Crippen LogP contribution in [0.4, 0.5) is 8.78 Å². The van der Waals surface area contributed by atoms with Gasteiger partial charge in [0.1, 0.15) is 6.04 Å². The second-order valence-electron chi connectivity index (χ2n) is 7.11. The van der Waals surface area contributed by atoms with Gasteiger partial charge >= 0.3 is 5.92 Å². The van der Waals surface area contributed by atoms with Gasteiger partial charge in [-0.2, -0.15) is 8.78 Å². The summed E-state index contributed by atoms with van der Waals surface area (Å²) in [4.78, 5) is 50.1. The fourth-order valence-corrected chi connectivity index (χ4v) is 3.40. The Morgan fingerprint density at radius 1 is 1.28 bits per heavy atom. The Balaban J connectivity index is 1.77. The number of ketones is 1. The van der Waals surface area contributed by atoms with E-state index in [0.29, 0.717) is 4.90 Å². The van der Waals surface area contributed by atoms with Gasteiger partial charge in [0.2, 0.25) is 17.6 Å². The maximum absolute atomic E-state index is 14.9. The second kappa shape index (κ2) is 8.43. The molecular weight excluding hydrogens is 442 g/mol. The first-order valence-corrected chi connectivity index (χ1v) is 9.80.